The molecular formula is C18H20ClN5OS. The Morgan fingerprint density at radius 2 is 1.85 bits per heavy atom. The summed E-state index contributed by atoms with van der Waals surface area (Å²) in [7, 11) is 0. The molecule has 3 heterocycles. The summed E-state index contributed by atoms with van der Waals surface area (Å²) < 4.78 is 1.41. The number of hydrogen-bond donors (Lipinski definition) is 0. The molecule has 3 aromatic rings. The molecule has 1 fully saturated rings. The van der Waals surface area contributed by atoms with Crippen molar-refractivity contribution in [1.82, 2.24) is 24.4 Å². The van der Waals surface area contributed by atoms with E-state index in [1.165, 1.54) is 27.5 Å². The van der Waals surface area contributed by atoms with Gasteiger partial charge in [0.25, 0.3) is 5.56 Å². The van der Waals surface area contributed by atoms with Gasteiger partial charge in [-0.2, -0.15) is 9.61 Å². The fraction of sp³-hybridized carbons (Fsp3) is 0.389. The van der Waals surface area contributed by atoms with Crippen molar-refractivity contribution in [2.45, 2.75) is 20.0 Å². The van der Waals surface area contributed by atoms with E-state index in [4.69, 9.17) is 11.6 Å². The highest BCUT2D eigenvalue weighted by atomic mass is 35.5. The Hall–Kier alpha value is -1.80. The van der Waals surface area contributed by atoms with Crippen molar-refractivity contribution < 1.29 is 0 Å². The van der Waals surface area contributed by atoms with Crippen LogP contribution in [0.5, 0.6) is 0 Å². The van der Waals surface area contributed by atoms with Gasteiger partial charge in [0.15, 0.2) is 0 Å². The lowest BCUT2D eigenvalue weighted by Crippen LogP contribution is -2.45. The van der Waals surface area contributed by atoms with E-state index in [0.717, 1.165) is 55.0 Å². The molecule has 0 N–H and O–H groups in total. The van der Waals surface area contributed by atoms with Crippen LogP contribution in [-0.4, -0.2) is 50.6 Å². The summed E-state index contributed by atoms with van der Waals surface area (Å²) in [5.74, 6) is 0. The van der Waals surface area contributed by atoms with Crippen molar-refractivity contribution >= 4 is 27.9 Å². The molecule has 0 bridgehead atoms. The van der Waals surface area contributed by atoms with Crippen molar-refractivity contribution in [3.8, 4) is 0 Å². The van der Waals surface area contributed by atoms with Gasteiger partial charge in [0, 0.05) is 49.5 Å². The normalized spacial score (nSPS) is 16.4. The Morgan fingerprint density at radius 3 is 2.58 bits per heavy atom. The molecule has 0 aliphatic carbocycles. The third kappa shape index (κ3) is 3.96. The molecule has 0 radical (unpaired) electrons. The lowest BCUT2D eigenvalue weighted by molar-refractivity contribution is 0.121. The number of aryl methyl sites for hydroxylation is 1. The van der Waals surface area contributed by atoms with Crippen LogP contribution in [0.25, 0.3) is 4.96 Å². The highest BCUT2D eigenvalue weighted by Crippen LogP contribution is 2.17. The molecule has 0 amide bonds. The van der Waals surface area contributed by atoms with E-state index in [-0.39, 0.29) is 5.56 Å². The maximum Gasteiger partial charge on any atom is 0.275 e. The molecule has 0 atom stereocenters. The molecular weight excluding hydrogens is 370 g/mol. The summed E-state index contributed by atoms with van der Waals surface area (Å²) in [4.78, 5) is 21.9. The van der Waals surface area contributed by atoms with Crippen LogP contribution in [0.15, 0.2) is 35.1 Å². The van der Waals surface area contributed by atoms with Gasteiger partial charge in [-0.05, 0) is 24.6 Å². The highest BCUT2D eigenvalue weighted by molar-refractivity contribution is 7.16. The summed E-state index contributed by atoms with van der Waals surface area (Å²) >= 11 is 7.56. The van der Waals surface area contributed by atoms with Crippen LogP contribution in [-0.2, 0) is 13.1 Å². The zero-order valence-electron chi connectivity index (χ0n) is 14.6. The first kappa shape index (κ1) is 17.6. The maximum absolute atomic E-state index is 12.0. The Labute approximate surface area is 160 Å². The third-order valence-corrected chi connectivity index (χ3v) is 5.66. The van der Waals surface area contributed by atoms with E-state index in [1.807, 2.05) is 25.1 Å². The number of halogens is 1. The number of piperazine rings is 1. The molecule has 0 spiro atoms. The molecule has 0 saturated carbocycles. The predicted molar refractivity (Wildman–Crippen MR) is 104 cm³/mol. The molecule has 1 aliphatic rings. The molecule has 0 unspecified atom stereocenters. The van der Waals surface area contributed by atoms with Crippen LogP contribution in [0.1, 0.15) is 16.3 Å². The van der Waals surface area contributed by atoms with Gasteiger partial charge in [-0.15, -0.1) is 0 Å². The van der Waals surface area contributed by atoms with E-state index in [1.54, 1.807) is 0 Å². The molecule has 2 aromatic heterocycles. The van der Waals surface area contributed by atoms with E-state index >= 15 is 0 Å². The molecule has 1 aromatic carbocycles. The largest absolute Gasteiger partial charge is 0.297 e. The standard InChI is InChI=1S/C18H20ClN5OS/c1-13-9-17(25)24-18(20-13)26-16(21-24)12-23-7-5-22(6-8-23)11-14-3-2-4-15(19)10-14/h2-4,9-10H,5-8,11-12H2,1H3. The molecule has 1 saturated heterocycles. The van der Waals surface area contributed by atoms with Gasteiger partial charge < -0.3 is 0 Å². The average Bonchev–Trinajstić information content (AvgIpc) is 2.99. The van der Waals surface area contributed by atoms with E-state index in [9.17, 15) is 4.79 Å². The van der Waals surface area contributed by atoms with Crippen LogP contribution >= 0.6 is 22.9 Å². The molecule has 136 valence electrons. The first-order chi connectivity index (χ1) is 12.6. The molecule has 26 heavy (non-hydrogen) atoms. The minimum Gasteiger partial charge on any atom is -0.297 e. The monoisotopic (exact) mass is 389 g/mol. The summed E-state index contributed by atoms with van der Waals surface area (Å²) in [6.07, 6.45) is 0. The van der Waals surface area contributed by atoms with Gasteiger partial charge >= 0.3 is 0 Å². The van der Waals surface area contributed by atoms with E-state index in [2.05, 4.69) is 25.9 Å². The number of nitrogens with zero attached hydrogens (tertiary/aromatic N) is 5. The van der Waals surface area contributed by atoms with Crippen molar-refractivity contribution in [3.05, 3.63) is 62.0 Å². The zero-order chi connectivity index (χ0) is 18.1. The minimum atomic E-state index is -0.110. The first-order valence-electron chi connectivity index (χ1n) is 8.62. The Morgan fingerprint density at radius 1 is 1.12 bits per heavy atom. The van der Waals surface area contributed by atoms with Gasteiger partial charge in [-0.1, -0.05) is 35.1 Å². The second-order valence-corrected chi connectivity index (χ2v) is 8.09. The molecule has 8 heteroatoms. The van der Waals surface area contributed by atoms with Gasteiger partial charge in [-0.25, -0.2) is 4.98 Å². The summed E-state index contributed by atoms with van der Waals surface area (Å²) in [5.41, 5.74) is 1.87. The van der Waals surface area contributed by atoms with Crippen molar-refractivity contribution in [2.75, 3.05) is 26.2 Å². The SMILES string of the molecule is Cc1cc(=O)n2nc(CN3CCN(Cc4cccc(Cl)c4)CC3)sc2n1. The Kier molecular flexibility index (Phi) is 5.04. The molecule has 6 nitrogen and oxygen atoms in total. The molecule has 1 aliphatic heterocycles. The maximum atomic E-state index is 12.0. The van der Waals surface area contributed by atoms with Crippen LogP contribution in [0.3, 0.4) is 0 Å². The Balaban J connectivity index is 1.36. The second-order valence-electron chi connectivity index (χ2n) is 6.61. The minimum absolute atomic E-state index is 0.110. The quantitative estimate of drug-likeness (QED) is 0.686. The lowest BCUT2D eigenvalue weighted by atomic mass is 10.2. The Bertz CT molecular complexity index is 977. The molecule has 4 rings (SSSR count). The predicted octanol–water partition coefficient (Wildman–Crippen LogP) is 2.43. The van der Waals surface area contributed by atoms with Gasteiger partial charge in [-0.3, -0.25) is 14.6 Å². The van der Waals surface area contributed by atoms with Crippen LogP contribution in [0.2, 0.25) is 5.02 Å². The highest BCUT2D eigenvalue weighted by Gasteiger charge is 2.19. The number of benzene rings is 1. The third-order valence-electron chi connectivity index (χ3n) is 4.53. The van der Waals surface area contributed by atoms with Crippen molar-refractivity contribution in [1.29, 1.82) is 0 Å². The van der Waals surface area contributed by atoms with Crippen LogP contribution < -0.4 is 5.56 Å². The number of rotatable bonds is 4. The zero-order valence-corrected chi connectivity index (χ0v) is 16.1. The number of fused-ring (bicyclic) bond motifs is 1. The lowest BCUT2D eigenvalue weighted by Gasteiger charge is -2.34. The number of hydrogen-bond acceptors (Lipinski definition) is 6. The van der Waals surface area contributed by atoms with Crippen LogP contribution in [0, 0.1) is 6.92 Å². The summed E-state index contributed by atoms with van der Waals surface area (Å²) in [5, 5.41) is 6.16. The van der Waals surface area contributed by atoms with Crippen LogP contribution in [0.4, 0.5) is 0 Å². The van der Waals surface area contributed by atoms with Gasteiger partial charge in [0.1, 0.15) is 5.01 Å². The van der Waals surface area contributed by atoms with E-state index < -0.39 is 0 Å². The van der Waals surface area contributed by atoms with Gasteiger partial charge in [0.2, 0.25) is 4.96 Å². The fourth-order valence-corrected chi connectivity index (χ4v) is 4.41. The fourth-order valence-electron chi connectivity index (χ4n) is 3.21. The average molecular weight is 390 g/mol. The smallest absolute Gasteiger partial charge is 0.275 e. The van der Waals surface area contributed by atoms with Crippen molar-refractivity contribution in [3.63, 3.8) is 0 Å². The topological polar surface area (TPSA) is 53.7 Å². The number of aromatic nitrogens is 3. The summed E-state index contributed by atoms with van der Waals surface area (Å²) in [6, 6.07) is 9.57. The van der Waals surface area contributed by atoms with Gasteiger partial charge in [0.05, 0.1) is 6.54 Å². The summed E-state index contributed by atoms with van der Waals surface area (Å²) in [6.45, 7) is 7.50. The van der Waals surface area contributed by atoms with Crippen molar-refractivity contribution in [2.24, 2.45) is 0 Å². The second kappa shape index (κ2) is 7.44. The van der Waals surface area contributed by atoms with E-state index in [0.29, 0.717) is 4.96 Å². The first-order valence-corrected chi connectivity index (χ1v) is 9.82.